The number of nitro groups is 2. The van der Waals surface area contributed by atoms with Crippen LogP contribution in [-0.4, -0.2) is 20.7 Å². The lowest BCUT2D eigenvalue weighted by atomic mass is 10.1. The SMILES string of the molecule is O=C(NCc1ccc2c(c1)CN(Cc1ccccc1)C2)c1cc([N+](=O)[O-])cc([N+](=O)[O-])c1. The third-order valence-electron chi connectivity index (χ3n) is 5.35. The van der Waals surface area contributed by atoms with Gasteiger partial charge < -0.3 is 5.32 Å². The van der Waals surface area contributed by atoms with Gasteiger partial charge in [-0.3, -0.25) is 29.9 Å². The highest BCUT2D eigenvalue weighted by Gasteiger charge is 2.21. The van der Waals surface area contributed by atoms with Crippen molar-refractivity contribution >= 4 is 17.3 Å². The Labute approximate surface area is 183 Å². The minimum Gasteiger partial charge on any atom is -0.348 e. The van der Waals surface area contributed by atoms with Crippen molar-refractivity contribution in [3.05, 3.63) is 115 Å². The Kier molecular flexibility index (Phi) is 5.91. The van der Waals surface area contributed by atoms with Gasteiger partial charge in [-0.2, -0.15) is 0 Å². The van der Waals surface area contributed by atoms with Crippen LogP contribution in [0.3, 0.4) is 0 Å². The highest BCUT2D eigenvalue weighted by molar-refractivity contribution is 5.95. The van der Waals surface area contributed by atoms with Crippen LogP contribution in [0.4, 0.5) is 11.4 Å². The van der Waals surface area contributed by atoms with Crippen molar-refractivity contribution in [3.8, 4) is 0 Å². The normalized spacial score (nSPS) is 12.9. The highest BCUT2D eigenvalue weighted by atomic mass is 16.6. The Morgan fingerprint density at radius 2 is 1.50 bits per heavy atom. The summed E-state index contributed by atoms with van der Waals surface area (Å²) in [6.07, 6.45) is 0. The van der Waals surface area contributed by atoms with Gasteiger partial charge in [0.2, 0.25) is 0 Å². The van der Waals surface area contributed by atoms with E-state index in [0.717, 1.165) is 43.4 Å². The van der Waals surface area contributed by atoms with Gasteiger partial charge >= 0.3 is 0 Å². The average molecular weight is 432 g/mol. The third-order valence-corrected chi connectivity index (χ3v) is 5.35. The summed E-state index contributed by atoms with van der Waals surface area (Å²) >= 11 is 0. The van der Waals surface area contributed by atoms with Crippen molar-refractivity contribution < 1.29 is 14.6 Å². The molecule has 0 aliphatic carbocycles. The number of benzene rings is 3. The van der Waals surface area contributed by atoms with Crippen LogP contribution in [0, 0.1) is 20.2 Å². The molecule has 162 valence electrons. The summed E-state index contributed by atoms with van der Waals surface area (Å²) in [7, 11) is 0. The van der Waals surface area contributed by atoms with Crippen LogP contribution in [0.25, 0.3) is 0 Å². The van der Waals surface area contributed by atoms with Gasteiger partial charge in [0.15, 0.2) is 0 Å². The number of hydrogen-bond donors (Lipinski definition) is 1. The molecular formula is C23H20N4O5. The summed E-state index contributed by atoms with van der Waals surface area (Å²) in [5, 5.41) is 24.7. The average Bonchev–Trinajstić information content (AvgIpc) is 3.19. The van der Waals surface area contributed by atoms with E-state index < -0.39 is 27.1 Å². The standard InChI is InChI=1S/C23H20N4O5/c28-23(19-9-21(26(29)30)11-22(10-19)27(31)32)24-12-17-6-7-18-14-25(15-20(18)8-17)13-16-4-2-1-3-5-16/h1-11H,12-15H2,(H,24,28). The predicted octanol–water partition coefficient (Wildman–Crippen LogP) is 3.95. The molecular weight excluding hydrogens is 412 g/mol. The van der Waals surface area contributed by atoms with Crippen LogP contribution in [0.15, 0.2) is 66.7 Å². The van der Waals surface area contributed by atoms with E-state index in [4.69, 9.17) is 0 Å². The van der Waals surface area contributed by atoms with Crippen LogP contribution in [-0.2, 0) is 26.2 Å². The molecule has 1 aliphatic heterocycles. The number of hydrogen-bond acceptors (Lipinski definition) is 6. The maximum Gasteiger partial charge on any atom is 0.277 e. The number of nitro benzene ring substituents is 2. The summed E-state index contributed by atoms with van der Waals surface area (Å²) < 4.78 is 0. The first-order chi connectivity index (χ1) is 15.4. The highest BCUT2D eigenvalue weighted by Crippen LogP contribution is 2.26. The summed E-state index contributed by atoms with van der Waals surface area (Å²) in [4.78, 5) is 35.4. The molecule has 4 rings (SSSR count). The van der Waals surface area contributed by atoms with E-state index in [9.17, 15) is 25.0 Å². The first kappa shape index (κ1) is 21.1. The van der Waals surface area contributed by atoms with Gasteiger partial charge in [0.25, 0.3) is 17.3 Å². The fourth-order valence-electron chi connectivity index (χ4n) is 3.80. The molecule has 3 aromatic carbocycles. The van der Waals surface area contributed by atoms with Crippen LogP contribution >= 0.6 is 0 Å². The first-order valence-corrected chi connectivity index (χ1v) is 9.98. The van der Waals surface area contributed by atoms with Crippen molar-refractivity contribution in [1.82, 2.24) is 10.2 Å². The van der Waals surface area contributed by atoms with E-state index in [1.165, 1.54) is 16.7 Å². The second-order valence-electron chi connectivity index (χ2n) is 7.67. The Morgan fingerprint density at radius 3 is 2.16 bits per heavy atom. The number of carbonyl (C=O) groups is 1. The molecule has 0 aromatic heterocycles. The van der Waals surface area contributed by atoms with E-state index in [1.807, 2.05) is 36.4 Å². The zero-order chi connectivity index (χ0) is 22.7. The van der Waals surface area contributed by atoms with E-state index in [2.05, 4.69) is 22.3 Å². The number of rotatable bonds is 7. The van der Waals surface area contributed by atoms with E-state index in [-0.39, 0.29) is 12.1 Å². The maximum absolute atomic E-state index is 12.5. The Balaban J connectivity index is 1.41. The van der Waals surface area contributed by atoms with Crippen molar-refractivity contribution in [1.29, 1.82) is 0 Å². The number of carbonyl (C=O) groups excluding carboxylic acids is 1. The molecule has 0 radical (unpaired) electrons. The molecule has 0 spiro atoms. The summed E-state index contributed by atoms with van der Waals surface area (Å²) in [6, 6.07) is 19.2. The van der Waals surface area contributed by atoms with E-state index >= 15 is 0 Å². The largest absolute Gasteiger partial charge is 0.348 e. The fraction of sp³-hybridized carbons (Fsp3) is 0.174. The minimum atomic E-state index is -0.758. The minimum absolute atomic E-state index is 0.124. The topological polar surface area (TPSA) is 119 Å². The molecule has 1 N–H and O–H groups in total. The number of fused-ring (bicyclic) bond motifs is 1. The van der Waals surface area contributed by atoms with Gasteiger partial charge in [-0.1, -0.05) is 48.5 Å². The Morgan fingerprint density at radius 1 is 0.844 bits per heavy atom. The lowest BCUT2D eigenvalue weighted by Gasteiger charge is -2.14. The van der Waals surface area contributed by atoms with Crippen molar-refractivity contribution in [3.63, 3.8) is 0 Å². The number of non-ortho nitro benzene ring substituents is 2. The van der Waals surface area contributed by atoms with Gasteiger partial charge in [0.1, 0.15) is 0 Å². The quantitative estimate of drug-likeness (QED) is 0.446. The molecule has 32 heavy (non-hydrogen) atoms. The molecule has 0 fully saturated rings. The van der Waals surface area contributed by atoms with Crippen molar-refractivity contribution in [2.24, 2.45) is 0 Å². The van der Waals surface area contributed by atoms with Crippen LogP contribution < -0.4 is 5.32 Å². The second-order valence-corrected chi connectivity index (χ2v) is 7.67. The lowest BCUT2D eigenvalue weighted by Crippen LogP contribution is -2.23. The van der Waals surface area contributed by atoms with Crippen molar-refractivity contribution in [2.75, 3.05) is 0 Å². The summed E-state index contributed by atoms with van der Waals surface area (Å²) in [5.41, 5.74) is 3.45. The van der Waals surface area contributed by atoms with Crippen LogP contribution in [0.5, 0.6) is 0 Å². The maximum atomic E-state index is 12.5. The molecule has 9 heteroatoms. The van der Waals surface area contributed by atoms with E-state index in [1.54, 1.807) is 0 Å². The second kappa shape index (κ2) is 8.94. The van der Waals surface area contributed by atoms with Crippen LogP contribution in [0.1, 0.15) is 32.6 Å². The fourth-order valence-corrected chi connectivity index (χ4v) is 3.80. The molecule has 3 aromatic rings. The number of nitrogens with zero attached hydrogens (tertiary/aromatic N) is 3. The summed E-state index contributed by atoms with van der Waals surface area (Å²) in [5.74, 6) is -0.608. The van der Waals surface area contributed by atoms with E-state index in [0.29, 0.717) is 0 Å². The van der Waals surface area contributed by atoms with Crippen LogP contribution in [0.2, 0.25) is 0 Å². The molecule has 0 saturated carbocycles. The summed E-state index contributed by atoms with van der Waals surface area (Å²) in [6.45, 7) is 2.73. The zero-order valence-electron chi connectivity index (χ0n) is 17.1. The van der Waals surface area contributed by atoms with Gasteiger partial charge in [-0.15, -0.1) is 0 Å². The van der Waals surface area contributed by atoms with Gasteiger partial charge in [0.05, 0.1) is 21.5 Å². The zero-order valence-corrected chi connectivity index (χ0v) is 17.1. The molecule has 1 amide bonds. The molecule has 9 nitrogen and oxygen atoms in total. The number of amides is 1. The third kappa shape index (κ3) is 4.79. The van der Waals surface area contributed by atoms with Gasteiger partial charge in [0, 0.05) is 38.3 Å². The first-order valence-electron chi connectivity index (χ1n) is 9.98. The molecule has 0 saturated heterocycles. The molecule has 1 heterocycles. The molecule has 1 aliphatic rings. The number of nitrogens with one attached hydrogen (secondary N) is 1. The Hall–Kier alpha value is -4.11. The predicted molar refractivity (Wildman–Crippen MR) is 117 cm³/mol. The molecule has 0 atom stereocenters. The smallest absolute Gasteiger partial charge is 0.277 e. The van der Waals surface area contributed by atoms with Crippen molar-refractivity contribution in [2.45, 2.75) is 26.2 Å². The Bertz CT molecular complexity index is 1160. The molecule has 0 bridgehead atoms. The van der Waals surface area contributed by atoms with Gasteiger partial charge in [-0.05, 0) is 22.3 Å². The molecule has 0 unspecified atom stereocenters. The monoisotopic (exact) mass is 432 g/mol. The van der Waals surface area contributed by atoms with Gasteiger partial charge in [-0.25, -0.2) is 0 Å². The lowest BCUT2D eigenvalue weighted by molar-refractivity contribution is -0.394.